The van der Waals surface area contributed by atoms with Crippen molar-refractivity contribution >= 4 is 45.4 Å². The predicted octanol–water partition coefficient (Wildman–Crippen LogP) is 5.67. The van der Waals surface area contributed by atoms with E-state index in [9.17, 15) is 14.4 Å². The summed E-state index contributed by atoms with van der Waals surface area (Å²) in [5.41, 5.74) is 2.15. The Morgan fingerprint density at radius 1 is 1.03 bits per heavy atom. The van der Waals surface area contributed by atoms with E-state index in [4.69, 9.17) is 9.47 Å². The summed E-state index contributed by atoms with van der Waals surface area (Å²) in [7, 11) is 0. The van der Waals surface area contributed by atoms with Crippen LogP contribution in [0.15, 0.2) is 77.3 Å². The summed E-state index contributed by atoms with van der Waals surface area (Å²) in [6, 6.07) is 19.4. The second-order valence-corrected chi connectivity index (χ2v) is 9.48. The molecule has 3 amide bonds. The topological polar surface area (TPSA) is 84.9 Å². The number of nitrogens with one attached hydrogen (secondary N) is 1. The minimum absolute atomic E-state index is 0.106. The molecule has 0 radical (unpaired) electrons. The van der Waals surface area contributed by atoms with Crippen LogP contribution in [0.1, 0.15) is 39.1 Å². The molecule has 182 valence electrons. The van der Waals surface area contributed by atoms with Crippen LogP contribution in [0.4, 0.5) is 5.69 Å². The van der Waals surface area contributed by atoms with E-state index in [-0.39, 0.29) is 30.4 Å². The first-order valence-corrected chi connectivity index (χ1v) is 12.4. The van der Waals surface area contributed by atoms with Crippen molar-refractivity contribution in [3.63, 3.8) is 0 Å². The third-order valence-corrected chi connectivity index (χ3v) is 6.52. The van der Waals surface area contributed by atoms with Crippen LogP contribution < -0.4 is 10.1 Å². The van der Waals surface area contributed by atoms with Gasteiger partial charge in [0.15, 0.2) is 0 Å². The molecule has 0 aromatic heterocycles. The van der Waals surface area contributed by atoms with Gasteiger partial charge in [0, 0.05) is 28.9 Å². The number of ether oxygens (including phenoxy) is 2. The number of amides is 3. The molecule has 2 aliphatic rings. The van der Waals surface area contributed by atoms with E-state index in [1.54, 1.807) is 48.5 Å². The van der Waals surface area contributed by atoms with E-state index >= 15 is 0 Å². The first-order chi connectivity index (χ1) is 17.5. The van der Waals surface area contributed by atoms with Crippen molar-refractivity contribution in [2.45, 2.75) is 18.9 Å². The van der Waals surface area contributed by atoms with Crippen LogP contribution in [-0.4, -0.2) is 41.9 Å². The number of hydrogen-bond donors (Lipinski definition) is 1. The number of hydrogen-bond acceptors (Lipinski definition) is 5. The lowest BCUT2D eigenvalue weighted by Crippen LogP contribution is -2.36. The smallest absolute Gasteiger partial charge is 0.261 e. The molecule has 0 bridgehead atoms. The molecular weight excluding hydrogens is 524 g/mol. The largest absolute Gasteiger partial charge is 0.457 e. The molecule has 1 saturated heterocycles. The molecule has 5 rings (SSSR count). The molecule has 1 fully saturated rings. The van der Waals surface area contributed by atoms with E-state index < -0.39 is 0 Å². The summed E-state index contributed by atoms with van der Waals surface area (Å²) >= 11 is 3.39. The van der Waals surface area contributed by atoms with Gasteiger partial charge in [-0.1, -0.05) is 34.1 Å². The van der Waals surface area contributed by atoms with Crippen LogP contribution in [0.2, 0.25) is 0 Å². The molecule has 0 aliphatic carbocycles. The number of carbonyl (C=O) groups excluding carboxylic acids is 3. The molecule has 8 heteroatoms. The van der Waals surface area contributed by atoms with Crippen molar-refractivity contribution in [2.24, 2.45) is 0 Å². The second kappa shape index (κ2) is 10.5. The van der Waals surface area contributed by atoms with E-state index in [2.05, 4.69) is 21.2 Å². The molecule has 1 N–H and O–H groups in total. The van der Waals surface area contributed by atoms with Crippen molar-refractivity contribution in [2.75, 3.05) is 18.5 Å². The van der Waals surface area contributed by atoms with Gasteiger partial charge in [-0.25, -0.2) is 0 Å². The average molecular weight is 547 g/mol. The Kier molecular flexibility index (Phi) is 6.97. The maximum Gasteiger partial charge on any atom is 0.261 e. The maximum absolute atomic E-state index is 12.9. The van der Waals surface area contributed by atoms with Gasteiger partial charge in [0.2, 0.25) is 5.91 Å². The average Bonchev–Trinajstić information content (AvgIpc) is 3.47. The van der Waals surface area contributed by atoms with Gasteiger partial charge in [-0.3, -0.25) is 19.3 Å². The monoisotopic (exact) mass is 546 g/mol. The highest BCUT2D eigenvalue weighted by Crippen LogP contribution is 2.31. The normalized spacial score (nSPS) is 17.0. The third-order valence-electron chi connectivity index (χ3n) is 5.99. The first-order valence-electron chi connectivity index (χ1n) is 11.6. The molecular formula is C28H23BrN2O5. The zero-order chi connectivity index (χ0) is 25.1. The summed E-state index contributed by atoms with van der Waals surface area (Å²) in [4.78, 5) is 39.2. The summed E-state index contributed by atoms with van der Waals surface area (Å²) in [6.07, 6.45) is 4.86. The lowest BCUT2D eigenvalue weighted by atomic mass is 10.1. The van der Waals surface area contributed by atoms with Gasteiger partial charge in [-0.2, -0.15) is 0 Å². The summed E-state index contributed by atoms with van der Waals surface area (Å²) in [5.74, 6) is -0.0133. The van der Waals surface area contributed by atoms with Crippen molar-refractivity contribution < 1.29 is 23.9 Å². The highest BCUT2D eigenvalue weighted by molar-refractivity contribution is 9.10. The number of carbonyl (C=O) groups is 3. The number of fused-ring (bicyclic) bond motifs is 1. The number of imide groups is 1. The minimum Gasteiger partial charge on any atom is -0.457 e. The molecule has 3 aromatic carbocycles. The Balaban J connectivity index is 1.24. The van der Waals surface area contributed by atoms with Crippen molar-refractivity contribution in [3.05, 3.63) is 94.0 Å². The Labute approximate surface area is 216 Å². The fourth-order valence-electron chi connectivity index (χ4n) is 4.19. The van der Waals surface area contributed by atoms with Gasteiger partial charge in [0.05, 0.1) is 23.8 Å². The van der Waals surface area contributed by atoms with Gasteiger partial charge in [-0.05, 0) is 66.9 Å². The van der Waals surface area contributed by atoms with Crippen LogP contribution in [0.25, 0.3) is 6.08 Å². The van der Waals surface area contributed by atoms with Crippen LogP contribution in [0, 0.1) is 0 Å². The Morgan fingerprint density at radius 3 is 2.58 bits per heavy atom. The molecule has 2 heterocycles. The quantitative estimate of drug-likeness (QED) is 0.305. The number of anilines is 1. The highest BCUT2D eigenvalue weighted by Gasteiger charge is 2.37. The molecule has 1 atom stereocenters. The van der Waals surface area contributed by atoms with Gasteiger partial charge >= 0.3 is 0 Å². The number of rotatable bonds is 7. The Bertz CT molecular complexity index is 1350. The van der Waals surface area contributed by atoms with Crippen molar-refractivity contribution in [1.29, 1.82) is 0 Å². The molecule has 3 aromatic rings. The molecule has 36 heavy (non-hydrogen) atoms. The summed E-state index contributed by atoms with van der Waals surface area (Å²) in [5, 5.41) is 2.81. The predicted molar refractivity (Wildman–Crippen MR) is 139 cm³/mol. The zero-order valence-corrected chi connectivity index (χ0v) is 20.9. The van der Waals surface area contributed by atoms with Gasteiger partial charge in [0.25, 0.3) is 11.8 Å². The number of benzene rings is 3. The lowest BCUT2D eigenvalue weighted by Gasteiger charge is -2.17. The van der Waals surface area contributed by atoms with Crippen LogP contribution >= 0.6 is 15.9 Å². The SMILES string of the molecule is O=C(/C=C/c1ccc(Br)cc1)Nc1cccc(Oc2ccc3c(c2)C(=O)N(CC2CCCO2)C3=O)c1. The van der Waals surface area contributed by atoms with Crippen LogP contribution in [-0.2, 0) is 9.53 Å². The summed E-state index contributed by atoms with van der Waals surface area (Å²) in [6.45, 7) is 0.924. The third kappa shape index (κ3) is 5.40. The van der Waals surface area contributed by atoms with E-state index in [1.165, 1.54) is 11.0 Å². The van der Waals surface area contributed by atoms with Crippen LogP contribution in [0.3, 0.4) is 0 Å². The maximum atomic E-state index is 12.9. The van der Waals surface area contributed by atoms with Gasteiger partial charge in [-0.15, -0.1) is 0 Å². The van der Waals surface area contributed by atoms with Crippen molar-refractivity contribution in [3.8, 4) is 11.5 Å². The van der Waals surface area contributed by atoms with E-state index in [1.807, 2.05) is 24.3 Å². The van der Waals surface area contributed by atoms with Crippen LogP contribution in [0.5, 0.6) is 11.5 Å². The molecule has 2 aliphatic heterocycles. The fraction of sp³-hybridized carbons (Fsp3) is 0.179. The van der Waals surface area contributed by atoms with Gasteiger partial charge < -0.3 is 14.8 Å². The summed E-state index contributed by atoms with van der Waals surface area (Å²) < 4.78 is 12.5. The molecule has 7 nitrogen and oxygen atoms in total. The number of nitrogens with zero attached hydrogens (tertiary/aromatic N) is 1. The van der Waals surface area contributed by atoms with E-state index in [0.29, 0.717) is 34.9 Å². The Hall–Kier alpha value is -3.75. The van der Waals surface area contributed by atoms with Crippen molar-refractivity contribution in [1.82, 2.24) is 4.90 Å². The molecule has 1 unspecified atom stereocenters. The lowest BCUT2D eigenvalue weighted by molar-refractivity contribution is -0.111. The fourth-order valence-corrected chi connectivity index (χ4v) is 4.46. The highest BCUT2D eigenvalue weighted by atomic mass is 79.9. The number of halogens is 1. The first kappa shape index (κ1) is 24.0. The van der Waals surface area contributed by atoms with E-state index in [0.717, 1.165) is 22.9 Å². The second-order valence-electron chi connectivity index (χ2n) is 8.57. The minimum atomic E-state index is -0.338. The Morgan fingerprint density at radius 2 is 1.81 bits per heavy atom. The molecule has 0 spiro atoms. The molecule has 0 saturated carbocycles. The standard InChI is InChI=1S/C28H23BrN2O5/c29-19-9-6-18(7-10-19)8-13-26(32)30-20-3-1-4-21(15-20)36-22-11-12-24-25(16-22)28(34)31(27(24)33)17-23-5-2-14-35-23/h1,3-4,6-13,15-16,23H,2,5,14,17H2,(H,30,32)/b13-8+. The zero-order valence-electron chi connectivity index (χ0n) is 19.3. The van der Waals surface area contributed by atoms with Gasteiger partial charge in [0.1, 0.15) is 11.5 Å².